The fourth-order valence-corrected chi connectivity index (χ4v) is 4.25. The van der Waals surface area contributed by atoms with Gasteiger partial charge in [0.15, 0.2) is 6.61 Å². The second-order valence-corrected chi connectivity index (χ2v) is 8.54. The fourth-order valence-electron chi connectivity index (χ4n) is 4.25. The number of piperidine rings is 1. The van der Waals surface area contributed by atoms with Crippen molar-refractivity contribution in [1.82, 2.24) is 4.90 Å². The van der Waals surface area contributed by atoms with Crippen LogP contribution in [0.4, 0.5) is 0 Å². The Hall–Kier alpha value is -3.08. The third-order valence-electron chi connectivity index (χ3n) is 6.30. The normalized spacial score (nSPS) is 14.7. The molecule has 0 spiro atoms. The van der Waals surface area contributed by atoms with Crippen LogP contribution in [0.5, 0.6) is 0 Å². The second kappa shape index (κ2) is 9.38. The molecule has 0 unspecified atom stereocenters. The van der Waals surface area contributed by atoms with E-state index in [9.17, 15) is 9.59 Å². The molecule has 1 amide bonds. The molecule has 0 saturated carbocycles. The summed E-state index contributed by atoms with van der Waals surface area (Å²) in [5, 5.41) is 0.923. The highest BCUT2D eigenvalue weighted by atomic mass is 16.5. The van der Waals surface area contributed by atoms with Gasteiger partial charge in [-0.1, -0.05) is 30.3 Å². The second-order valence-electron chi connectivity index (χ2n) is 8.54. The van der Waals surface area contributed by atoms with Crippen molar-refractivity contribution in [3.05, 3.63) is 71.0 Å². The van der Waals surface area contributed by atoms with Gasteiger partial charge >= 0.3 is 5.97 Å². The summed E-state index contributed by atoms with van der Waals surface area (Å²) in [6.45, 7) is 5.31. The minimum Gasteiger partial charge on any atom is -0.464 e. The smallest absolute Gasteiger partial charge is 0.310 e. The van der Waals surface area contributed by atoms with E-state index >= 15 is 0 Å². The minimum atomic E-state index is -0.409. The zero-order valence-corrected chi connectivity index (χ0v) is 18.2. The molecule has 31 heavy (non-hydrogen) atoms. The number of rotatable bonds is 6. The minimum absolute atomic E-state index is 0.0991. The van der Waals surface area contributed by atoms with E-state index in [1.165, 1.54) is 5.56 Å². The lowest BCUT2D eigenvalue weighted by Crippen LogP contribution is -2.41. The lowest BCUT2D eigenvalue weighted by molar-refractivity contribution is -0.152. The highest BCUT2D eigenvalue weighted by Gasteiger charge is 2.24. The molecule has 1 aliphatic heterocycles. The number of hydrogen-bond acceptors (Lipinski definition) is 4. The van der Waals surface area contributed by atoms with Gasteiger partial charge in [-0.25, -0.2) is 0 Å². The van der Waals surface area contributed by atoms with Gasteiger partial charge in [-0.15, -0.1) is 0 Å². The van der Waals surface area contributed by atoms with Crippen LogP contribution in [0.25, 0.3) is 11.0 Å². The number of hydrogen-bond donors (Lipinski definition) is 0. The molecule has 0 atom stereocenters. The lowest BCUT2D eigenvalue weighted by atomic mass is 9.90. The van der Waals surface area contributed by atoms with Gasteiger partial charge < -0.3 is 14.1 Å². The Morgan fingerprint density at radius 1 is 1.06 bits per heavy atom. The average molecular weight is 420 g/mol. The largest absolute Gasteiger partial charge is 0.464 e. The third kappa shape index (κ3) is 5.16. The predicted molar refractivity (Wildman–Crippen MR) is 120 cm³/mol. The van der Waals surface area contributed by atoms with Crippen molar-refractivity contribution in [1.29, 1.82) is 0 Å². The number of carbonyl (C=O) groups is 2. The van der Waals surface area contributed by atoms with E-state index in [4.69, 9.17) is 9.15 Å². The number of amides is 1. The summed E-state index contributed by atoms with van der Waals surface area (Å²) >= 11 is 0. The molecule has 0 N–H and O–H groups in total. The Morgan fingerprint density at radius 2 is 1.77 bits per heavy atom. The summed E-state index contributed by atoms with van der Waals surface area (Å²) in [5.41, 5.74) is 5.19. The van der Waals surface area contributed by atoms with Crippen LogP contribution in [0.3, 0.4) is 0 Å². The van der Waals surface area contributed by atoms with E-state index in [1.54, 1.807) is 6.26 Å². The molecule has 162 valence electrons. The molecule has 5 heteroatoms. The lowest BCUT2D eigenvalue weighted by Gasteiger charge is -2.32. The zero-order valence-electron chi connectivity index (χ0n) is 18.2. The first-order valence-electron chi connectivity index (χ1n) is 10.9. The molecule has 2 aromatic carbocycles. The van der Waals surface area contributed by atoms with E-state index in [-0.39, 0.29) is 18.9 Å². The Morgan fingerprint density at radius 3 is 2.52 bits per heavy atom. The first-order valence-corrected chi connectivity index (χ1v) is 10.9. The summed E-state index contributed by atoms with van der Waals surface area (Å²) < 4.78 is 10.9. The fraction of sp³-hybridized carbons (Fsp3) is 0.385. The van der Waals surface area contributed by atoms with Crippen molar-refractivity contribution >= 4 is 22.8 Å². The Bertz CT molecular complexity index is 1060. The van der Waals surface area contributed by atoms with Crippen molar-refractivity contribution in [3.63, 3.8) is 0 Å². The molecule has 3 aromatic rings. The average Bonchev–Trinajstić information content (AvgIpc) is 3.15. The van der Waals surface area contributed by atoms with Crippen molar-refractivity contribution in [2.45, 2.75) is 39.5 Å². The van der Waals surface area contributed by atoms with Crippen LogP contribution in [0.15, 0.2) is 53.1 Å². The Kier molecular flexibility index (Phi) is 6.40. The van der Waals surface area contributed by atoms with Gasteiger partial charge in [0.1, 0.15) is 5.58 Å². The van der Waals surface area contributed by atoms with Gasteiger partial charge in [0.25, 0.3) is 5.91 Å². The van der Waals surface area contributed by atoms with Gasteiger partial charge in [-0.05, 0) is 67.9 Å². The molecule has 1 aromatic heterocycles. The molecule has 1 saturated heterocycles. The van der Waals surface area contributed by atoms with Crippen molar-refractivity contribution in [2.75, 3.05) is 19.7 Å². The number of fused-ring (bicyclic) bond motifs is 1. The molecular formula is C26H29NO4. The van der Waals surface area contributed by atoms with Crippen LogP contribution < -0.4 is 0 Å². The number of ether oxygens (including phenoxy) is 1. The molecule has 0 bridgehead atoms. The van der Waals surface area contributed by atoms with Crippen LogP contribution in [-0.4, -0.2) is 36.5 Å². The van der Waals surface area contributed by atoms with E-state index in [0.717, 1.165) is 60.0 Å². The molecule has 4 rings (SSSR count). The highest BCUT2D eigenvalue weighted by Crippen LogP contribution is 2.25. The summed E-state index contributed by atoms with van der Waals surface area (Å²) in [7, 11) is 0. The highest BCUT2D eigenvalue weighted by molar-refractivity contribution is 5.87. The molecule has 5 nitrogen and oxygen atoms in total. The van der Waals surface area contributed by atoms with Gasteiger partial charge in [-0.2, -0.15) is 0 Å². The van der Waals surface area contributed by atoms with Crippen molar-refractivity contribution in [2.24, 2.45) is 5.92 Å². The van der Waals surface area contributed by atoms with Gasteiger partial charge in [-0.3, -0.25) is 9.59 Å². The molecule has 1 fully saturated rings. The van der Waals surface area contributed by atoms with E-state index < -0.39 is 5.97 Å². The van der Waals surface area contributed by atoms with Gasteiger partial charge in [0.2, 0.25) is 0 Å². The zero-order chi connectivity index (χ0) is 21.8. The molecule has 1 aliphatic rings. The summed E-state index contributed by atoms with van der Waals surface area (Å²) in [6.07, 6.45) is 4.71. The Balaban J connectivity index is 1.24. The van der Waals surface area contributed by atoms with Crippen LogP contribution in [0.1, 0.15) is 35.1 Å². The quantitative estimate of drug-likeness (QED) is 0.547. The number of likely N-dealkylation sites (tertiary alicyclic amines) is 1. The summed E-state index contributed by atoms with van der Waals surface area (Å²) in [5.74, 6) is 0.0683. The number of carbonyl (C=O) groups excluding carboxylic acids is 2. The Labute approximate surface area is 183 Å². The van der Waals surface area contributed by atoms with Gasteiger partial charge in [0.05, 0.1) is 12.7 Å². The van der Waals surface area contributed by atoms with Crippen LogP contribution in [0, 0.1) is 19.8 Å². The third-order valence-corrected chi connectivity index (χ3v) is 6.30. The number of nitrogens with zero attached hydrogens (tertiary/aromatic N) is 1. The van der Waals surface area contributed by atoms with Crippen molar-refractivity contribution in [3.8, 4) is 0 Å². The first-order chi connectivity index (χ1) is 15.0. The maximum absolute atomic E-state index is 12.5. The number of esters is 1. The number of aryl methyl sites for hydroxylation is 2. The predicted octanol–water partition coefficient (Wildman–Crippen LogP) is 4.62. The number of benzene rings is 2. The van der Waals surface area contributed by atoms with E-state index in [1.807, 2.05) is 36.9 Å². The maximum Gasteiger partial charge on any atom is 0.310 e. The monoisotopic (exact) mass is 419 g/mol. The van der Waals surface area contributed by atoms with Crippen LogP contribution >= 0.6 is 0 Å². The topological polar surface area (TPSA) is 59.8 Å². The summed E-state index contributed by atoms with van der Waals surface area (Å²) in [4.78, 5) is 26.6. The first kappa shape index (κ1) is 21.2. The summed E-state index contributed by atoms with van der Waals surface area (Å²) in [6, 6.07) is 14.5. The molecule has 0 radical (unpaired) electrons. The van der Waals surface area contributed by atoms with Crippen LogP contribution in [-0.2, 0) is 27.2 Å². The standard InChI is InChI=1S/C26H29NO4/c1-18-12-23-22(16-30-24(23)13-19(18)2)15-26(29)31-17-25(28)27-10-8-21(9-11-27)14-20-6-4-3-5-7-20/h3-7,12-13,16,21H,8-11,14-15,17H2,1-2H3. The SMILES string of the molecule is Cc1cc2occ(CC(=O)OCC(=O)N3CCC(Cc4ccccc4)CC3)c2cc1C. The number of furan rings is 1. The molecule has 2 heterocycles. The molecule has 0 aliphatic carbocycles. The van der Waals surface area contributed by atoms with E-state index in [0.29, 0.717) is 5.92 Å². The van der Waals surface area contributed by atoms with Crippen molar-refractivity contribution < 1.29 is 18.7 Å². The van der Waals surface area contributed by atoms with Crippen LogP contribution in [0.2, 0.25) is 0 Å². The maximum atomic E-state index is 12.5. The van der Waals surface area contributed by atoms with Gasteiger partial charge in [0, 0.05) is 24.0 Å². The van der Waals surface area contributed by atoms with E-state index in [2.05, 4.69) is 24.3 Å². The molecular weight excluding hydrogens is 390 g/mol.